The van der Waals surface area contributed by atoms with Gasteiger partial charge in [-0.3, -0.25) is 4.79 Å². The molecular weight excluding hydrogens is 386 g/mol. The van der Waals surface area contributed by atoms with Gasteiger partial charge in [-0.2, -0.15) is 0 Å². The van der Waals surface area contributed by atoms with Crippen molar-refractivity contribution < 1.29 is 13.2 Å². The number of hydrogen-bond donors (Lipinski definition) is 2. The number of nitrogens with one attached hydrogen (secondary N) is 2. The van der Waals surface area contributed by atoms with Crippen molar-refractivity contribution in [2.75, 3.05) is 30.4 Å². The van der Waals surface area contributed by atoms with Crippen LogP contribution in [-0.4, -0.2) is 34.5 Å². The Labute approximate surface area is 173 Å². The van der Waals surface area contributed by atoms with Crippen molar-refractivity contribution in [1.29, 1.82) is 0 Å². The molecule has 2 aromatic rings. The molecule has 0 saturated carbocycles. The highest BCUT2D eigenvalue weighted by atomic mass is 32.2. The van der Waals surface area contributed by atoms with Crippen LogP contribution in [0.4, 0.5) is 11.4 Å². The summed E-state index contributed by atoms with van der Waals surface area (Å²) in [5.41, 5.74) is 4.32. The maximum atomic E-state index is 12.5. The molecule has 1 amide bonds. The summed E-state index contributed by atoms with van der Waals surface area (Å²) >= 11 is 0. The van der Waals surface area contributed by atoms with Crippen LogP contribution in [0.2, 0.25) is 0 Å². The standard InChI is InChI=1S/C22H29N3O3S/c1-16(2)22(26)24-19-7-9-20(10-8-19)29(27,28)23-13-12-17-6-11-21-18(15-17)5-4-14-25(21)3/h6-11,15-16,23H,4-5,12-14H2,1-3H3,(H,24,26). The zero-order valence-corrected chi connectivity index (χ0v) is 18.1. The lowest BCUT2D eigenvalue weighted by Crippen LogP contribution is -2.26. The second kappa shape index (κ2) is 8.97. The number of rotatable bonds is 7. The zero-order chi connectivity index (χ0) is 21.0. The monoisotopic (exact) mass is 415 g/mol. The molecule has 2 aromatic carbocycles. The Balaban J connectivity index is 1.58. The third kappa shape index (κ3) is 5.36. The summed E-state index contributed by atoms with van der Waals surface area (Å²) in [5.74, 6) is -0.237. The Morgan fingerprint density at radius 1 is 1.14 bits per heavy atom. The van der Waals surface area contributed by atoms with E-state index in [1.165, 1.54) is 23.4 Å². The first-order valence-electron chi connectivity index (χ1n) is 10.00. The van der Waals surface area contributed by atoms with Gasteiger partial charge in [0.25, 0.3) is 0 Å². The van der Waals surface area contributed by atoms with Gasteiger partial charge in [0, 0.05) is 37.4 Å². The summed E-state index contributed by atoms with van der Waals surface area (Å²) in [6.45, 7) is 5.02. The molecule has 29 heavy (non-hydrogen) atoms. The third-order valence-electron chi connectivity index (χ3n) is 5.16. The van der Waals surface area contributed by atoms with Gasteiger partial charge in [-0.05, 0) is 60.7 Å². The molecule has 0 radical (unpaired) electrons. The van der Waals surface area contributed by atoms with E-state index in [9.17, 15) is 13.2 Å². The fourth-order valence-corrected chi connectivity index (χ4v) is 4.44. The lowest BCUT2D eigenvalue weighted by atomic mass is 9.98. The van der Waals surface area contributed by atoms with E-state index in [1.54, 1.807) is 26.0 Å². The highest BCUT2D eigenvalue weighted by Crippen LogP contribution is 2.26. The number of anilines is 2. The van der Waals surface area contributed by atoms with E-state index >= 15 is 0 Å². The van der Waals surface area contributed by atoms with Gasteiger partial charge in [0.05, 0.1) is 4.90 Å². The van der Waals surface area contributed by atoms with E-state index in [-0.39, 0.29) is 16.7 Å². The third-order valence-corrected chi connectivity index (χ3v) is 6.63. The smallest absolute Gasteiger partial charge is 0.240 e. The quantitative estimate of drug-likeness (QED) is 0.728. The highest BCUT2D eigenvalue weighted by Gasteiger charge is 2.16. The molecule has 1 heterocycles. The first-order chi connectivity index (χ1) is 13.8. The van der Waals surface area contributed by atoms with E-state index in [1.807, 2.05) is 0 Å². The fraction of sp³-hybridized carbons (Fsp3) is 0.409. The zero-order valence-electron chi connectivity index (χ0n) is 17.2. The van der Waals surface area contributed by atoms with Crippen molar-refractivity contribution in [2.24, 2.45) is 5.92 Å². The normalized spacial score (nSPS) is 14.0. The SMILES string of the molecule is CC(C)C(=O)Nc1ccc(S(=O)(=O)NCCc2ccc3c(c2)CCCN3C)cc1. The molecule has 1 aliphatic heterocycles. The van der Waals surface area contributed by atoms with Gasteiger partial charge in [0.15, 0.2) is 0 Å². The van der Waals surface area contributed by atoms with Crippen LogP contribution in [0, 0.1) is 5.92 Å². The number of nitrogens with zero attached hydrogens (tertiary/aromatic N) is 1. The summed E-state index contributed by atoms with van der Waals surface area (Å²) in [7, 11) is -1.49. The molecule has 1 aliphatic rings. The van der Waals surface area contributed by atoms with Crippen LogP contribution >= 0.6 is 0 Å². The molecule has 2 N–H and O–H groups in total. The molecular formula is C22H29N3O3S. The summed E-state index contributed by atoms with van der Waals surface area (Å²) in [6, 6.07) is 12.6. The Morgan fingerprint density at radius 3 is 2.55 bits per heavy atom. The van der Waals surface area contributed by atoms with Crippen LogP contribution in [0.1, 0.15) is 31.4 Å². The van der Waals surface area contributed by atoms with Gasteiger partial charge < -0.3 is 10.2 Å². The maximum Gasteiger partial charge on any atom is 0.240 e. The van der Waals surface area contributed by atoms with Crippen molar-refractivity contribution in [3.05, 3.63) is 53.6 Å². The van der Waals surface area contributed by atoms with Crippen molar-refractivity contribution in [1.82, 2.24) is 4.72 Å². The van der Waals surface area contributed by atoms with Gasteiger partial charge in [0.1, 0.15) is 0 Å². The number of amides is 1. The largest absolute Gasteiger partial charge is 0.374 e. The highest BCUT2D eigenvalue weighted by molar-refractivity contribution is 7.89. The minimum atomic E-state index is -3.59. The average molecular weight is 416 g/mol. The van der Waals surface area contributed by atoms with Crippen LogP contribution in [0.3, 0.4) is 0 Å². The van der Waals surface area contributed by atoms with Gasteiger partial charge >= 0.3 is 0 Å². The lowest BCUT2D eigenvalue weighted by Gasteiger charge is -2.27. The number of fused-ring (bicyclic) bond motifs is 1. The molecule has 0 unspecified atom stereocenters. The second-order valence-electron chi connectivity index (χ2n) is 7.80. The van der Waals surface area contributed by atoms with Crippen molar-refractivity contribution in [3.63, 3.8) is 0 Å². The maximum absolute atomic E-state index is 12.5. The Kier molecular flexibility index (Phi) is 6.59. The van der Waals surface area contributed by atoms with E-state index in [0.29, 0.717) is 18.7 Å². The number of aryl methyl sites for hydroxylation is 1. The number of sulfonamides is 1. The summed E-state index contributed by atoms with van der Waals surface area (Å²) in [4.78, 5) is 14.2. The van der Waals surface area contributed by atoms with E-state index < -0.39 is 10.0 Å². The minimum Gasteiger partial charge on any atom is -0.374 e. The summed E-state index contributed by atoms with van der Waals surface area (Å²) in [6.07, 6.45) is 2.85. The molecule has 0 spiro atoms. The number of hydrogen-bond acceptors (Lipinski definition) is 4. The molecule has 0 aromatic heterocycles. The Hall–Kier alpha value is -2.38. The number of benzene rings is 2. The average Bonchev–Trinajstić information content (AvgIpc) is 2.68. The molecule has 156 valence electrons. The molecule has 0 fully saturated rings. The number of carbonyl (C=O) groups is 1. The molecule has 6 nitrogen and oxygen atoms in total. The molecule has 0 aliphatic carbocycles. The van der Waals surface area contributed by atoms with E-state index in [2.05, 4.69) is 40.2 Å². The molecule has 0 bridgehead atoms. The first kappa shape index (κ1) is 21.3. The lowest BCUT2D eigenvalue weighted by molar-refractivity contribution is -0.118. The predicted octanol–water partition coefficient (Wildman–Crippen LogP) is 3.18. The van der Waals surface area contributed by atoms with Gasteiger partial charge in [0.2, 0.25) is 15.9 Å². The number of carbonyl (C=O) groups excluding carboxylic acids is 1. The fourth-order valence-electron chi connectivity index (χ4n) is 3.41. The Morgan fingerprint density at radius 2 is 1.86 bits per heavy atom. The molecule has 7 heteroatoms. The minimum absolute atomic E-state index is 0.102. The molecule has 3 rings (SSSR count). The molecule has 0 saturated heterocycles. The topological polar surface area (TPSA) is 78.5 Å². The summed E-state index contributed by atoms with van der Waals surface area (Å²) in [5, 5.41) is 2.76. The molecule has 0 atom stereocenters. The van der Waals surface area contributed by atoms with Crippen LogP contribution in [-0.2, 0) is 27.7 Å². The van der Waals surface area contributed by atoms with Gasteiger partial charge in [-0.25, -0.2) is 13.1 Å². The van der Waals surface area contributed by atoms with Crippen LogP contribution in [0.15, 0.2) is 47.4 Å². The van der Waals surface area contributed by atoms with E-state index in [0.717, 1.165) is 24.9 Å². The Bertz CT molecular complexity index is 969. The second-order valence-corrected chi connectivity index (χ2v) is 9.57. The van der Waals surface area contributed by atoms with Crippen LogP contribution in [0.5, 0.6) is 0 Å². The van der Waals surface area contributed by atoms with Crippen LogP contribution in [0.25, 0.3) is 0 Å². The van der Waals surface area contributed by atoms with Crippen LogP contribution < -0.4 is 14.9 Å². The van der Waals surface area contributed by atoms with E-state index in [4.69, 9.17) is 0 Å². The van der Waals surface area contributed by atoms with Gasteiger partial charge in [-0.1, -0.05) is 26.0 Å². The van der Waals surface area contributed by atoms with Gasteiger partial charge in [-0.15, -0.1) is 0 Å². The predicted molar refractivity (Wildman–Crippen MR) is 117 cm³/mol. The van der Waals surface area contributed by atoms with Crippen molar-refractivity contribution >= 4 is 27.3 Å². The van der Waals surface area contributed by atoms with Crippen molar-refractivity contribution in [2.45, 2.75) is 38.0 Å². The first-order valence-corrected chi connectivity index (χ1v) is 11.5. The van der Waals surface area contributed by atoms with Crippen molar-refractivity contribution in [3.8, 4) is 0 Å². The summed E-state index contributed by atoms with van der Waals surface area (Å²) < 4.78 is 27.7.